The molecule has 0 saturated carbocycles. The first kappa shape index (κ1) is 16.9. The molecule has 0 bridgehead atoms. The number of hydrogen-bond donors (Lipinski definition) is 1. The monoisotopic (exact) mass is 294 g/mol. The number of carbonyl (C=O) groups is 2. The van der Waals surface area contributed by atoms with Crippen LogP contribution in [0.2, 0.25) is 0 Å². The summed E-state index contributed by atoms with van der Waals surface area (Å²) in [6, 6.07) is 0. The van der Waals surface area contributed by atoms with E-state index in [1.165, 1.54) is 10.8 Å². The molecule has 0 spiro atoms. The van der Waals surface area contributed by atoms with Gasteiger partial charge in [-0.05, 0) is 27.2 Å². The van der Waals surface area contributed by atoms with Gasteiger partial charge in [-0.15, -0.1) is 0 Å². The molecule has 0 fully saturated rings. The Kier molecular flexibility index (Phi) is 5.29. The maximum absolute atomic E-state index is 12.3. The third-order valence-electron chi connectivity index (χ3n) is 2.73. The summed E-state index contributed by atoms with van der Waals surface area (Å²) in [5.41, 5.74) is -0.704. The number of nitrogens with zero attached hydrogens (tertiary/aromatic N) is 2. The van der Waals surface area contributed by atoms with Crippen LogP contribution in [0.5, 0.6) is 0 Å². The molecule has 6 nitrogen and oxygen atoms in total. The Bertz CT molecular complexity index is 553. The zero-order valence-electron chi connectivity index (χ0n) is 13.0. The second-order valence-electron chi connectivity index (χ2n) is 5.76. The highest BCUT2D eigenvalue weighted by molar-refractivity contribution is 6.14. The number of hydrogen-bond acceptors (Lipinski definition) is 4. The van der Waals surface area contributed by atoms with Crippen LogP contribution in [-0.4, -0.2) is 32.3 Å². The molecule has 21 heavy (non-hydrogen) atoms. The van der Waals surface area contributed by atoms with Gasteiger partial charge < -0.3 is 9.84 Å². The lowest BCUT2D eigenvalue weighted by Crippen LogP contribution is -2.29. The largest absolute Gasteiger partial charge is 0.478 e. The zero-order valence-corrected chi connectivity index (χ0v) is 13.0. The second kappa shape index (κ2) is 6.56. The van der Waals surface area contributed by atoms with Crippen LogP contribution in [0.25, 0.3) is 5.57 Å². The van der Waals surface area contributed by atoms with Gasteiger partial charge in [0.15, 0.2) is 0 Å². The van der Waals surface area contributed by atoms with Crippen LogP contribution in [0.3, 0.4) is 0 Å². The minimum atomic E-state index is -1.19. The molecule has 6 heteroatoms. The van der Waals surface area contributed by atoms with Crippen LogP contribution in [0.4, 0.5) is 4.79 Å². The van der Waals surface area contributed by atoms with E-state index < -0.39 is 17.7 Å². The van der Waals surface area contributed by atoms with Gasteiger partial charge in [-0.2, -0.15) is 0 Å². The Labute approximate surface area is 124 Å². The molecule has 0 aliphatic rings. The fraction of sp³-hybridized carbons (Fsp3) is 0.533. The molecule has 1 heterocycles. The van der Waals surface area contributed by atoms with Gasteiger partial charge in [-0.1, -0.05) is 19.9 Å². The summed E-state index contributed by atoms with van der Waals surface area (Å²) >= 11 is 0. The van der Waals surface area contributed by atoms with Crippen LogP contribution in [0.15, 0.2) is 12.8 Å². The SMILES string of the molecule is C=C(C(=O)O)c1cnc(CCCC)n1C(=O)OC(C)(C)C. The highest BCUT2D eigenvalue weighted by Crippen LogP contribution is 2.19. The van der Waals surface area contributed by atoms with Crippen LogP contribution in [0.1, 0.15) is 52.1 Å². The van der Waals surface area contributed by atoms with Crippen molar-refractivity contribution in [3.05, 3.63) is 24.3 Å². The number of aromatic nitrogens is 2. The Balaban J connectivity index is 3.22. The topological polar surface area (TPSA) is 81.4 Å². The first-order chi connectivity index (χ1) is 9.67. The van der Waals surface area contributed by atoms with E-state index in [2.05, 4.69) is 11.6 Å². The number of carboxylic acids is 1. The van der Waals surface area contributed by atoms with E-state index >= 15 is 0 Å². The Hall–Kier alpha value is -2.11. The molecule has 0 aliphatic heterocycles. The molecule has 0 aromatic carbocycles. The third-order valence-corrected chi connectivity index (χ3v) is 2.73. The molecule has 1 rings (SSSR count). The van der Waals surface area contributed by atoms with E-state index in [9.17, 15) is 9.59 Å². The van der Waals surface area contributed by atoms with Gasteiger partial charge >= 0.3 is 12.1 Å². The summed E-state index contributed by atoms with van der Waals surface area (Å²) in [6.07, 6.45) is 3.08. The lowest BCUT2D eigenvalue weighted by atomic mass is 10.2. The highest BCUT2D eigenvalue weighted by Gasteiger charge is 2.25. The molecule has 0 unspecified atom stereocenters. The van der Waals surface area contributed by atoms with Crippen molar-refractivity contribution in [1.82, 2.24) is 9.55 Å². The Morgan fingerprint density at radius 3 is 2.52 bits per heavy atom. The van der Waals surface area contributed by atoms with Crippen LogP contribution >= 0.6 is 0 Å². The molecule has 1 aromatic rings. The number of unbranched alkanes of at least 4 members (excludes halogenated alkanes) is 1. The van der Waals surface area contributed by atoms with E-state index in [0.717, 1.165) is 12.8 Å². The number of aliphatic carboxylic acids is 1. The molecule has 1 aromatic heterocycles. The second-order valence-corrected chi connectivity index (χ2v) is 5.76. The van der Waals surface area contributed by atoms with Crippen molar-refractivity contribution in [3.8, 4) is 0 Å². The molecule has 0 aliphatic carbocycles. The summed E-state index contributed by atoms with van der Waals surface area (Å²) in [5.74, 6) is -0.703. The molecule has 0 radical (unpaired) electrons. The van der Waals surface area contributed by atoms with Crippen molar-refractivity contribution >= 4 is 17.6 Å². The molecular weight excluding hydrogens is 272 g/mol. The smallest absolute Gasteiger partial charge is 0.420 e. The standard InChI is InChI=1S/C15H22N2O4/c1-6-7-8-12-16-9-11(10(2)13(18)19)17(12)14(20)21-15(3,4)5/h9H,2,6-8H2,1,3-5H3,(H,18,19). The van der Waals surface area contributed by atoms with Crippen molar-refractivity contribution in [1.29, 1.82) is 0 Å². The van der Waals surface area contributed by atoms with Crippen LogP contribution in [0, 0.1) is 0 Å². The Morgan fingerprint density at radius 2 is 2.05 bits per heavy atom. The first-order valence-electron chi connectivity index (χ1n) is 6.90. The summed E-state index contributed by atoms with van der Waals surface area (Å²) < 4.78 is 6.53. The van der Waals surface area contributed by atoms with Gasteiger partial charge in [0.2, 0.25) is 0 Å². The number of rotatable bonds is 5. The third kappa shape index (κ3) is 4.44. The summed E-state index contributed by atoms with van der Waals surface area (Å²) in [6.45, 7) is 10.8. The zero-order chi connectivity index (χ0) is 16.2. The lowest BCUT2D eigenvalue weighted by Gasteiger charge is -2.21. The van der Waals surface area contributed by atoms with Gasteiger partial charge in [0.25, 0.3) is 0 Å². The average molecular weight is 294 g/mol. The minimum Gasteiger partial charge on any atom is -0.478 e. The average Bonchev–Trinajstić information content (AvgIpc) is 2.76. The maximum Gasteiger partial charge on any atom is 0.420 e. The van der Waals surface area contributed by atoms with Crippen molar-refractivity contribution < 1.29 is 19.4 Å². The number of carboxylic acid groups (broad SMARTS) is 1. The normalized spacial score (nSPS) is 11.2. The van der Waals surface area contributed by atoms with Gasteiger partial charge in [0.05, 0.1) is 17.5 Å². The van der Waals surface area contributed by atoms with E-state index in [0.29, 0.717) is 12.2 Å². The lowest BCUT2D eigenvalue weighted by molar-refractivity contribution is -0.130. The maximum atomic E-state index is 12.3. The Morgan fingerprint density at radius 1 is 1.43 bits per heavy atom. The number of aryl methyl sites for hydroxylation is 1. The van der Waals surface area contributed by atoms with E-state index in [4.69, 9.17) is 9.84 Å². The van der Waals surface area contributed by atoms with Crippen molar-refractivity contribution in [3.63, 3.8) is 0 Å². The van der Waals surface area contributed by atoms with Gasteiger partial charge in [-0.25, -0.2) is 19.1 Å². The van der Waals surface area contributed by atoms with Crippen molar-refractivity contribution in [2.45, 2.75) is 52.6 Å². The quantitative estimate of drug-likeness (QED) is 0.844. The first-order valence-corrected chi connectivity index (χ1v) is 6.90. The van der Waals surface area contributed by atoms with Crippen molar-refractivity contribution in [2.75, 3.05) is 0 Å². The van der Waals surface area contributed by atoms with E-state index in [1.54, 1.807) is 20.8 Å². The predicted octanol–water partition coefficient (Wildman–Crippen LogP) is 3.11. The van der Waals surface area contributed by atoms with Gasteiger partial charge in [0.1, 0.15) is 11.4 Å². The summed E-state index contributed by atoms with van der Waals surface area (Å²) in [4.78, 5) is 27.6. The van der Waals surface area contributed by atoms with Gasteiger partial charge in [-0.3, -0.25) is 0 Å². The fourth-order valence-electron chi connectivity index (χ4n) is 1.74. The van der Waals surface area contributed by atoms with E-state index in [1.807, 2.05) is 6.92 Å². The number of ether oxygens (including phenoxy) is 1. The summed E-state index contributed by atoms with van der Waals surface area (Å²) in [5, 5.41) is 9.07. The van der Waals surface area contributed by atoms with E-state index in [-0.39, 0.29) is 11.3 Å². The predicted molar refractivity (Wildman–Crippen MR) is 79.1 cm³/mol. The molecule has 0 amide bonds. The molecule has 116 valence electrons. The van der Waals surface area contributed by atoms with Crippen molar-refractivity contribution in [2.24, 2.45) is 0 Å². The van der Waals surface area contributed by atoms with Crippen LogP contribution in [-0.2, 0) is 16.0 Å². The molecule has 0 saturated heterocycles. The minimum absolute atomic E-state index is 0.155. The molecule has 0 atom stereocenters. The van der Waals surface area contributed by atoms with Crippen LogP contribution < -0.4 is 0 Å². The fourth-order valence-corrected chi connectivity index (χ4v) is 1.74. The molecular formula is C15H22N2O4. The summed E-state index contributed by atoms with van der Waals surface area (Å²) in [7, 11) is 0. The highest BCUT2D eigenvalue weighted by atomic mass is 16.6. The number of carbonyl (C=O) groups excluding carboxylic acids is 1. The molecule has 1 N–H and O–H groups in total. The van der Waals surface area contributed by atoms with Gasteiger partial charge in [0, 0.05) is 6.42 Å². The number of imidazole rings is 1.